The molecular weight excluding hydrogens is 270 g/mol. The third-order valence-electron chi connectivity index (χ3n) is 2.33. The maximum atomic E-state index is 7.24. The Balaban J connectivity index is 2.09. The number of nitrogens with one attached hydrogen (secondary N) is 1. The maximum absolute atomic E-state index is 7.24. The number of nitrogens with two attached hydrogens (primary N) is 1. The molecule has 0 aliphatic heterocycles. The Morgan fingerprint density at radius 3 is 2.72 bits per heavy atom. The average Bonchev–Trinajstić information content (AvgIpc) is 2.75. The molecule has 0 saturated heterocycles. The summed E-state index contributed by atoms with van der Waals surface area (Å²) in [6.07, 6.45) is 3.10. The minimum absolute atomic E-state index is 0.0817. The molecule has 7 heteroatoms. The van der Waals surface area contributed by atoms with E-state index in [0.29, 0.717) is 12.2 Å². The summed E-state index contributed by atoms with van der Waals surface area (Å²) in [7, 11) is 1.92. The summed E-state index contributed by atoms with van der Waals surface area (Å²) >= 11 is 7.42. The number of amidine groups is 1. The van der Waals surface area contributed by atoms with Crippen LogP contribution in [0.4, 0.5) is 5.82 Å². The van der Waals surface area contributed by atoms with Crippen LogP contribution in [0.5, 0.6) is 0 Å². The molecule has 0 atom stereocenters. The second-order valence-corrected chi connectivity index (χ2v) is 5.54. The van der Waals surface area contributed by atoms with Crippen LogP contribution in [0.25, 0.3) is 0 Å². The van der Waals surface area contributed by atoms with Crippen LogP contribution in [0.1, 0.15) is 10.6 Å². The van der Waals surface area contributed by atoms with E-state index >= 15 is 0 Å². The predicted molar refractivity (Wildman–Crippen MR) is 74.5 cm³/mol. The number of rotatable bonds is 4. The van der Waals surface area contributed by atoms with E-state index in [9.17, 15) is 0 Å². The first-order valence-corrected chi connectivity index (χ1v) is 6.37. The molecule has 0 aliphatic rings. The first-order valence-electron chi connectivity index (χ1n) is 5.18. The number of nitrogens with zero attached hydrogens (tertiary/aromatic N) is 3. The zero-order valence-corrected chi connectivity index (χ0v) is 11.3. The molecule has 2 aromatic rings. The van der Waals surface area contributed by atoms with Crippen LogP contribution in [-0.4, -0.2) is 22.9 Å². The lowest BCUT2D eigenvalue weighted by atomic mass is 10.4. The fourth-order valence-electron chi connectivity index (χ4n) is 1.41. The lowest BCUT2D eigenvalue weighted by Crippen LogP contribution is -2.19. The van der Waals surface area contributed by atoms with E-state index in [1.54, 1.807) is 17.5 Å². The van der Waals surface area contributed by atoms with Gasteiger partial charge in [-0.25, -0.2) is 9.97 Å². The largest absolute Gasteiger partial charge is 0.382 e. The van der Waals surface area contributed by atoms with Crippen molar-refractivity contribution in [2.24, 2.45) is 5.73 Å². The highest BCUT2D eigenvalue weighted by Gasteiger charge is 2.07. The Morgan fingerprint density at radius 2 is 2.22 bits per heavy atom. The minimum atomic E-state index is -0.0817. The number of hydrogen-bond donors (Lipinski definition) is 2. The van der Waals surface area contributed by atoms with Crippen LogP contribution in [0, 0.1) is 5.41 Å². The molecule has 0 aromatic carbocycles. The summed E-state index contributed by atoms with van der Waals surface area (Å²) in [5.74, 6) is 0.645. The Bertz CT molecular complexity index is 551. The molecule has 0 aliphatic carbocycles. The maximum Gasteiger partial charge on any atom is 0.147 e. The lowest BCUT2D eigenvalue weighted by Gasteiger charge is -2.16. The highest BCUT2D eigenvalue weighted by Crippen LogP contribution is 2.23. The first kappa shape index (κ1) is 12.8. The average molecular weight is 282 g/mol. The van der Waals surface area contributed by atoms with Gasteiger partial charge < -0.3 is 10.6 Å². The SMILES string of the molecule is CN(Cc1ccc(Cl)s1)c1cnc(C(=N)N)cn1. The fraction of sp³-hybridized carbons (Fsp3) is 0.182. The summed E-state index contributed by atoms with van der Waals surface area (Å²) in [5, 5.41) is 7.24. The lowest BCUT2D eigenvalue weighted by molar-refractivity contribution is 0.902. The van der Waals surface area contributed by atoms with Gasteiger partial charge in [0.1, 0.15) is 17.3 Å². The van der Waals surface area contributed by atoms with Gasteiger partial charge in [0.25, 0.3) is 0 Å². The van der Waals surface area contributed by atoms with Crippen molar-refractivity contribution in [3.63, 3.8) is 0 Å². The number of halogens is 1. The van der Waals surface area contributed by atoms with E-state index in [4.69, 9.17) is 22.7 Å². The van der Waals surface area contributed by atoms with Gasteiger partial charge >= 0.3 is 0 Å². The summed E-state index contributed by atoms with van der Waals surface area (Å²) in [5.41, 5.74) is 5.70. The van der Waals surface area contributed by atoms with Gasteiger partial charge in [0.05, 0.1) is 23.3 Å². The molecular formula is C11H12ClN5S. The van der Waals surface area contributed by atoms with Crippen LogP contribution < -0.4 is 10.6 Å². The minimum Gasteiger partial charge on any atom is -0.382 e. The van der Waals surface area contributed by atoms with E-state index < -0.39 is 0 Å². The summed E-state index contributed by atoms with van der Waals surface area (Å²) in [4.78, 5) is 11.4. The number of thiophene rings is 1. The van der Waals surface area contributed by atoms with Crippen molar-refractivity contribution in [1.29, 1.82) is 5.41 Å². The van der Waals surface area contributed by atoms with Crippen LogP contribution in [0.3, 0.4) is 0 Å². The van der Waals surface area contributed by atoms with Crippen molar-refractivity contribution in [2.45, 2.75) is 6.54 Å². The molecule has 2 aromatic heterocycles. The predicted octanol–water partition coefficient (Wildman–Crippen LogP) is 2.11. The van der Waals surface area contributed by atoms with Crippen molar-refractivity contribution >= 4 is 34.6 Å². The summed E-state index contributed by atoms with van der Waals surface area (Å²) in [6.45, 7) is 0.714. The molecule has 0 fully saturated rings. The van der Waals surface area contributed by atoms with Gasteiger partial charge in [-0.15, -0.1) is 11.3 Å². The molecule has 3 N–H and O–H groups in total. The molecule has 2 rings (SSSR count). The second-order valence-electron chi connectivity index (χ2n) is 3.74. The van der Waals surface area contributed by atoms with E-state index in [1.807, 2.05) is 24.1 Å². The zero-order chi connectivity index (χ0) is 13.1. The van der Waals surface area contributed by atoms with Crippen molar-refractivity contribution in [1.82, 2.24) is 9.97 Å². The zero-order valence-electron chi connectivity index (χ0n) is 9.72. The standard InChI is InChI=1S/C11H12ClN5S/c1-17(6-7-2-3-9(12)18-7)10-5-15-8(4-16-10)11(13)14/h2-5H,6H2,1H3,(H3,13,14). The smallest absolute Gasteiger partial charge is 0.147 e. The van der Waals surface area contributed by atoms with Gasteiger partial charge in [-0.1, -0.05) is 11.6 Å². The van der Waals surface area contributed by atoms with Crippen LogP contribution in [0.2, 0.25) is 4.34 Å². The summed E-state index contributed by atoms with van der Waals surface area (Å²) < 4.78 is 0.774. The van der Waals surface area contributed by atoms with Gasteiger partial charge in [0.2, 0.25) is 0 Å². The van der Waals surface area contributed by atoms with Crippen molar-refractivity contribution in [3.8, 4) is 0 Å². The van der Waals surface area contributed by atoms with E-state index in [0.717, 1.165) is 15.0 Å². The normalized spacial score (nSPS) is 10.3. The van der Waals surface area contributed by atoms with Crippen molar-refractivity contribution in [2.75, 3.05) is 11.9 Å². The third-order valence-corrected chi connectivity index (χ3v) is 3.54. The van der Waals surface area contributed by atoms with E-state index in [2.05, 4.69) is 9.97 Å². The molecule has 0 spiro atoms. The molecule has 0 bridgehead atoms. The molecule has 0 saturated carbocycles. The third kappa shape index (κ3) is 2.96. The Morgan fingerprint density at radius 1 is 1.44 bits per heavy atom. The van der Waals surface area contributed by atoms with Gasteiger partial charge in [-0.3, -0.25) is 5.41 Å². The quantitative estimate of drug-likeness (QED) is 0.664. The van der Waals surface area contributed by atoms with Crippen LogP contribution in [0.15, 0.2) is 24.5 Å². The van der Waals surface area contributed by atoms with Crippen LogP contribution >= 0.6 is 22.9 Å². The second kappa shape index (κ2) is 5.32. The highest BCUT2D eigenvalue weighted by atomic mass is 35.5. The monoisotopic (exact) mass is 281 g/mol. The summed E-state index contributed by atoms with van der Waals surface area (Å²) in [6, 6.07) is 3.86. The van der Waals surface area contributed by atoms with Crippen molar-refractivity contribution in [3.05, 3.63) is 39.4 Å². The molecule has 0 radical (unpaired) electrons. The highest BCUT2D eigenvalue weighted by molar-refractivity contribution is 7.16. The first-order chi connectivity index (χ1) is 8.56. The Kier molecular flexibility index (Phi) is 3.78. The number of hydrogen-bond acceptors (Lipinski definition) is 5. The molecule has 94 valence electrons. The molecule has 2 heterocycles. The number of aromatic nitrogens is 2. The molecule has 0 amide bonds. The number of anilines is 1. The van der Waals surface area contributed by atoms with Crippen molar-refractivity contribution < 1.29 is 0 Å². The number of nitrogen functional groups attached to an aromatic ring is 1. The van der Waals surface area contributed by atoms with Gasteiger partial charge in [-0.05, 0) is 12.1 Å². The van der Waals surface area contributed by atoms with Gasteiger partial charge in [-0.2, -0.15) is 0 Å². The van der Waals surface area contributed by atoms with E-state index in [1.165, 1.54) is 6.20 Å². The molecule has 18 heavy (non-hydrogen) atoms. The van der Waals surface area contributed by atoms with Gasteiger partial charge in [0, 0.05) is 11.9 Å². The topological polar surface area (TPSA) is 78.9 Å². The van der Waals surface area contributed by atoms with Gasteiger partial charge in [0.15, 0.2) is 0 Å². The fourth-order valence-corrected chi connectivity index (χ4v) is 2.55. The molecule has 0 unspecified atom stereocenters. The molecule has 5 nitrogen and oxygen atoms in total. The van der Waals surface area contributed by atoms with Crippen LogP contribution in [-0.2, 0) is 6.54 Å². The Hall–Kier alpha value is -1.66. The van der Waals surface area contributed by atoms with E-state index in [-0.39, 0.29) is 5.84 Å². The Labute approximate surface area is 114 Å².